The molecule has 5 nitrogen and oxygen atoms in total. The minimum atomic E-state index is 0.799. The van der Waals surface area contributed by atoms with Crippen molar-refractivity contribution in [3.8, 4) is 0 Å². The Morgan fingerprint density at radius 1 is 0.525 bits per heavy atom. The zero-order chi connectivity index (χ0) is 26.5. The monoisotopic (exact) mass is 523 g/mol. The summed E-state index contributed by atoms with van der Waals surface area (Å²) in [7, 11) is 0. The first-order valence-electron chi connectivity index (χ1n) is 14.6. The molecular formula is C35H33N5+2. The van der Waals surface area contributed by atoms with Gasteiger partial charge < -0.3 is 0 Å². The Labute approximate surface area is 233 Å². The molecule has 0 saturated heterocycles. The Hall–Kier alpha value is -4.51. The van der Waals surface area contributed by atoms with Crippen LogP contribution in [0.4, 0.5) is 0 Å². The van der Waals surface area contributed by atoms with Gasteiger partial charge in [-0.25, -0.2) is 23.3 Å². The predicted octanol–water partition coefficient (Wildman–Crippen LogP) is 6.54. The predicted molar refractivity (Wildman–Crippen MR) is 160 cm³/mol. The van der Waals surface area contributed by atoms with Crippen LogP contribution in [0.2, 0.25) is 0 Å². The Morgan fingerprint density at radius 2 is 1.02 bits per heavy atom. The van der Waals surface area contributed by atoms with E-state index in [0.717, 1.165) is 37.2 Å². The number of pyridine rings is 1. The molecule has 196 valence electrons. The molecule has 4 heterocycles. The summed E-state index contributed by atoms with van der Waals surface area (Å²) in [4.78, 5) is 5.39. The summed E-state index contributed by atoms with van der Waals surface area (Å²) in [5.74, 6) is 0. The highest BCUT2D eigenvalue weighted by Gasteiger charge is 2.19. The van der Waals surface area contributed by atoms with E-state index in [1.54, 1.807) is 0 Å². The molecule has 5 heteroatoms. The van der Waals surface area contributed by atoms with Gasteiger partial charge in [0.2, 0.25) is 12.7 Å². The zero-order valence-corrected chi connectivity index (χ0v) is 22.7. The third-order valence-electron chi connectivity index (χ3n) is 8.62. The molecule has 1 aliphatic rings. The fourth-order valence-corrected chi connectivity index (χ4v) is 6.64. The van der Waals surface area contributed by atoms with Crippen molar-refractivity contribution in [1.82, 2.24) is 14.1 Å². The topological polar surface area (TPSA) is 30.5 Å². The molecule has 40 heavy (non-hydrogen) atoms. The molecule has 0 unspecified atom stereocenters. The van der Waals surface area contributed by atoms with Crippen LogP contribution < -0.4 is 9.13 Å². The number of rotatable bonds is 0. The van der Waals surface area contributed by atoms with Crippen molar-refractivity contribution in [2.75, 3.05) is 0 Å². The van der Waals surface area contributed by atoms with Crippen LogP contribution in [-0.4, -0.2) is 14.1 Å². The first kappa shape index (κ1) is 23.4. The van der Waals surface area contributed by atoms with Crippen LogP contribution in [0, 0.1) is 0 Å². The van der Waals surface area contributed by atoms with Crippen LogP contribution in [0.5, 0.6) is 0 Å². The van der Waals surface area contributed by atoms with E-state index >= 15 is 0 Å². The van der Waals surface area contributed by atoms with Gasteiger partial charge in [0.25, 0.3) is 0 Å². The van der Waals surface area contributed by atoms with Gasteiger partial charge in [-0.2, -0.15) is 0 Å². The SMILES string of the molecule is c1cc2c3nc4c(cccc4cc3c1)C[n+]1cn(c3ccccc31)CCCCCCn1c[n+](c3ccccc31)C2. The van der Waals surface area contributed by atoms with Gasteiger partial charge in [0, 0.05) is 21.9 Å². The second-order valence-electron chi connectivity index (χ2n) is 11.2. The van der Waals surface area contributed by atoms with Crippen LogP contribution in [0.25, 0.3) is 43.9 Å². The van der Waals surface area contributed by atoms with Gasteiger partial charge in [0.1, 0.15) is 13.1 Å². The summed E-state index contributed by atoms with van der Waals surface area (Å²) in [6, 6.07) is 33.2. The van der Waals surface area contributed by atoms with E-state index in [9.17, 15) is 0 Å². The van der Waals surface area contributed by atoms with Crippen molar-refractivity contribution in [2.45, 2.75) is 51.9 Å². The van der Waals surface area contributed by atoms with Crippen LogP contribution in [0.15, 0.2) is 104 Å². The van der Waals surface area contributed by atoms with Gasteiger partial charge in [0.15, 0.2) is 22.1 Å². The van der Waals surface area contributed by atoms with E-state index < -0.39 is 0 Å². The Morgan fingerprint density at radius 3 is 1.55 bits per heavy atom. The number of hydrogen-bond acceptors (Lipinski definition) is 1. The van der Waals surface area contributed by atoms with E-state index in [4.69, 9.17) is 4.98 Å². The number of hydrogen-bond donors (Lipinski definition) is 0. The van der Waals surface area contributed by atoms with Crippen molar-refractivity contribution in [2.24, 2.45) is 0 Å². The number of nitrogens with zero attached hydrogens (tertiary/aromatic N) is 5. The maximum absolute atomic E-state index is 5.39. The number of fused-ring (bicyclic) bond motifs is 10. The molecule has 4 aromatic carbocycles. The first-order chi connectivity index (χ1) is 19.8. The van der Waals surface area contributed by atoms with E-state index in [1.165, 1.54) is 69.6 Å². The minimum Gasteiger partial charge on any atom is -0.247 e. The largest absolute Gasteiger partial charge is 0.247 e. The molecule has 3 aromatic heterocycles. The third kappa shape index (κ3) is 3.96. The highest BCUT2D eigenvalue weighted by Crippen LogP contribution is 2.26. The quantitative estimate of drug-likeness (QED) is 0.164. The van der Waals surface area contributed by atoms with Gasteiger partial charge in [-0.05, 0) is 56.0 Å². The molecule has 0 amide bonds. The van der Waals surface area contributed by atoms with Crippen LogP contribution >= 0.6 is 0 Å². The second-order valence-corrected chi connectivity index (χ2v) is 11.2. The molecule has 0 N–H and O–H groups in total. The van der Waals surface area contributed by atoms with Crippen LogP contribution in [0.1, 0.15) is 36.8 Å². The lowest BCUT2D eigenvalue weighted by Crippen LogP contribution is -2.33. The van der Waals surface area contributed by atoms with Crippen molar-refractivity contribution in [1.29, 1.82) is 0 Å². The molecule has 0 atom stereocenters. The summed E-state index contributed by atoms with van der Waals surface area (Å²) < 4.78 is 9.69. The van der Waals surface area contributed by atoms with E-state index in [0.29, 0.717) is 0 Å². The number of aromatic nitrogens is 5. The highest BCUT2D eigenvalue weighted by molar-refractivity contribution is 5.95. The summed E-state index contributed by atoms with van der Waals surface area (Å²) in [6.07, 6.45) is 9.48. The van der Waals surface area contributed by atoms with Gasteiger partial charge in [-0.15, -0.1) is 0 Å². The lowest BCUT2D eigenvalue weighted by Gasteiger charge is -2.09. The third-order valence-corrected chi connectivity index (χ3v) is 8.62. The lowest BCUT2D eigenvalue weighted by atomic mass is 10.0. The Kier molecular flexibility index (Phi) is 5.61. The standard InChI is InChI=1S/C35H33N5/c1-2-8-20-38-25-40(33-18-6-4-16-31(33)38)23-29-14-10-12-27-21-26-11-9-13-28(34(26)36-35(27)29)22-39-24-37(19-7-1)30-15-3-5-17-32(30)39/h3-6,9-18,21,24-25H,1-2,7-8,19-20,22-23H2/q+2. The second kappa shape index (κ2) is 9.60. The number of aryl methyl sites for hydroxylation is 2. The molecule has 1 aliphatic heterocycles. The number of para-hydroxylation sites is 6. The average Bonchev–Trinajstić information content (AvgIpc) is 3.52. The smallest absolute Gasteiger partial charge is 0.245 e. The molecule has 0 saturated carbocycles. The zero-order valence-electron chi connectivity index (χ0n) is 22.7. The average molecular weight is 524 g/mol. The molecule has 6 bridgehead atoms. The van der Waals surface area contributed by atoms with Gasteiger partial charge in [-0.1, -0.05) is 60.7 Å². The molecular weight excluding hydrogens is 490 g/mol. The van der Waals surface area contributed by atoms with Crippen LogP contribution in [0.3, 0.4) is 0 Å². The maximum atomic E-state index is 5.39. The molecule has 0 spiro atoms. The number of imidazole rings is 2. The van der Waals surface area contributed by atoms with E-state index in [-0.39, 0.29) is 0 Å². The summed E-state index contributed by atoms with van der Waals surface area (Å²) in [6.45, 7) is 3.69. The lowest BCUT2D eigenvalue weighted by molar-refractivity contribution is -0.663. The number of benzene rings is 4. The van der Waals surface area contributed by atoms with Crippen molar-refractivity contribution >= 4 is 43.9 Å². The van der Waals surface area contributed by atoms with Gasteiger partial charge in [0.05, 0.1) is 24.1 Å². The van der Waals surface area contributed by atoms with E-state index in [2.05, 4.69) is 122 Å². The minimum absolute atomic E-state index is 0.799. The fraction of sp³-hybridized carbons (Fsp3) is 0.229. The van der Waals surface area contributed by atoms with Crippen molar-refractivity contribution in [3.63, 3.8) is 0 Å². The Balaban J connectivity index is 1.32. The van der Waals surface area contributed by atoms with Crippen molar-refractivity contribution < 1.29 is 9.13 Å². The molecule has 7 aromatic rings. The molecule has 0 aliphatic carbocycles. The molecule has 0 fully saturated rings. The van der Waals surface area contributed by atoms with Crippen molar-refractivity contribution in [3.05, 3.63) is 115 Å². The molecule has 8 rings (SSSR count). The first-order valence-corrected chi connectivity index (χ1v) is 14.6. The molecule has 0 radical (unpaired) electrons. The summed E-state index contributed by atoms with van der Waals surface area (Å²) in [5, 5.41) is 2.39. The van der Waals surface area contributed by atoms with Gasteiger partial charge in [-0.3, -0.25) is 0 Å². The Bertz CT molecular complexity index is 1890. The highest BCUT2D eigenvalue weighted by atomic mass is 15.1. The summed E-state index contributed by atoms with van der Waals surface area (Å²) in [5.41, 5.74) is 9.87. The summed E-state index contributed by atoms with van der Waals surface area (Å²) >= 11 is 0. The fourth-order valence-electron chi connectivity index (χ4n) is 6.64. The van der Waals surface area contributed by atoms with Gasteiger partial charge >= 0.3 is 0 Å². The van der Waals surface area contributed by atoms with E-state index in [1.807, 2.05) is 0 Å². The maximum Gasteiger partial charge on any atom is 0.245 e. The van der Waals surface area contributed by atoms with Crippen LogP contribution in [-0.2, 0) is 26.2 Å². The normalized spacial score (nSPS) is 14.7.